The van der Waals surface area contributed by atoms with Crippen LogP contribution in [0.5, 0.6) is 11.5 Å². The molecule has 5 nitrogen and oxygen atoms in total. The third-order valence-corrected chi connectivity index (χ3v) is 3.98. The van der Waals surface area contributed by atoms with Crippen molar-refractivity contribution in [1.82, 2.24) is 4.98 Å². The number of esters is 1. The Morgan fingerprint density at radius 2 is 1.85 bits per heavy atom. The lowest BCUT2D eigenvalue weighted by molar-refractivity contribution is 0.0523. The van der Waals surface area contributed by atoms with Gasteiger partial charge in [-0.2, -0.15) is 18.2 Å². The van der Waals surface area contributed by atoms with Crippen LogP contribution in [-0.2, 0) is 4.74 Å². The highest BCUT2D eigenvalue weighted by atomic mass is 19.2. The Labute approximate surface area is 148 Å². The van der Waals surface area contributed by atoms with Crippen LogP contribution in [0.3, 0.4) is 0 Å². The minimum absolute atomic E-state index is 0.0203. The zero-order valence-corrected chi connectivity index (χ0v) is 14.1. The average molecular weight is 366 g/mol. The molecule has 0 bridgehead atoms. The predicted octanol–water partition coefficient (Wildman–Crippen LogP) is 4.07. The summed E-state index contributed by atoms with van der Waals surface area (Å²) >= 11 is 0. The van der Waals surface area contributed by atoms with Crippen LogP contribution in [0.4, 0.5) is 19.0 Å². The van der Waals surface area contributed by atoms with E-state index in [-0.39, 0.29) is 23.7 Å². The van der Waals surface area contributed by atoms with Crippen molar-refractivity contribution in [3.63, 3.8) is 0 Å². The number of carbonyl (C=O) groups excluding carboxylic acids is 1. The molecule has 8 heteroatoms. The highest BCUT2D eigenvalue weighted by Gasteiger charge is 2.28. The summed E-state index contributed by atoms with van der Waals surface area (Å²) in [7, 11) is 0. The third-order valence-electron chi connectivity index (χ3n) is 3.98. The number of benzene rings is 1. The minimum atomic E-state index is -1.55. The lowest BCUT2D eigenvalue weighted by Gasteiger charge is -2.19. The molecular formula is C18H17F3N2O3. The van der Waals surface area contributed by atoms with Gasteiger partial charge in [0.2, 0.25) is 17.4 Å². The summed E-state index contributed by atoms with van der Waals surface area (Å²) in [6.45, 7) is 2.74. The molecule has 1 saturated heterocycles. The second-order valence-electron chi connectivity index (χ2n) is 5.70. The molecule has 2 aromatic rings. The molecule has 0 unspecified atom stereocenters. The van der Waals surface area contributed by atoms with Gasteiger partial charge in [-0.1, -0.05) is 12.1 Å². The van der Waals surface area contributed by atoms with E-state index in [1.807, 2.05) is 0 Å². The topological polar surface area (TPSA) is 51.7 Å². The Bertz CT molecular complexity index is 824. The molecule has 0 aliphatic carbocycles. The first kappa shape index (κ1) is 18.0. The van der Waals surface area contributed by atoms with Gasteiger partial charge in [0.1, 0.15) is 11.3 Å². The number of anilines is 1. The molecule has 0 amide bonds. The van der Waals surface area contributed by atoms with Crippen molar-refractivity contribution in [2.75, 3.05) is 24.6 Å². The SMILES string of the molecule is CCOC(=O)c1ccccc1Oc1c(F)c(F)nc(N2CCCC2)c1F. The van der Waals surface area contributed by atoms with E-state index in [0.29, 0.717) is 13.1 Å². The van der Waals surface area contributed by atoms with Gasteiger partial charge in [-0.15, -0.1) is 0 Å². The van der Waals surface area contributed by atoms with Crippen LogP contribution >= 0.6 is 0 Å². The Kier molecular flexibility index (Phi) is 5.29. The number of pyridine rings is 1. The van der Waals surface area contributed by atoms with E-state index in [1.54, 1.807) is 13.0 Å². The van der Waals surface area contributed by atoms with Crippen LogP contribution in [0.25, 0.3) is 0 Å². The summed E-state index contributed by atoms with van der Waals surface area (Å²) < 4.78 is 53.0. The Balaban J connectivity index is 2.02. The molecule has 26 heavy (non-hydrogen) atoms. The molecule has 0 saturated carbocycles. The number of nitrogens with zero attached hydrogens (tertiary/aromatic N) is 2. The lowest BCUT2D eigenvalue weighted by atomic mass is 10.2. The number of para-hydroxylation sites is 1. The van der Waals surface area contributed by atoms with Crippen molar-refractivity contribution < 1.29 is 27.4 Å². The number of ether oxygens (including phenoxy) is 2. The summed E-state index contributed by atoms with van der Waals surface area (Å²) in [5.74, 6) is -6.20. The van der Waals surface area contributed by atoms with Gasteiger partial charge in [0.25, 0.3) is 5.95 Å². The van der Waals surface area contributed by atoms with Crippen LogP contribution in [0, 0.1) is 17.6 Å². The van der Waals surface area contributed by atoms with Crippen LogP contribution in [0.15, 0.2) is 24.3 Å². The normalized spacial score (nSPS) is 13.8. The summed E-state index contributed by atoms with van der Waals surface area (Å²) in [4.78, 5) is 16.9. The van der Waals surface area contributed by atoms with E-state index in [4.69, 9.17) is 9.47 Å². The number of hydrogen-bond acceptors (Lipinski definition) is 5. The summed E-state index contributed by atoms with van der Waals surface area (Å²) in [6, 6.07) is 5.81. The molecule has 138 valence electrons. The van der Waals surface area contributed by atoms with Crippen LogP contribution in [-0.4, -0.2) is 30.6 Å². The van der Waals surface area contributed by atoms with Gasteiger partial charge in [0.15, 0.2) is 5.82 Å². The van der Waals surface area contributed by atoms with Gasteiger partial charge in [-0.05, 0) is 31.9 Å². The molecule has 1 aliphatic heterocycles. The van der Waals surface area contributed by atoms with Gasteiger partial charge < -0.3 is 14.4 Å². The van der Waals surface area contributed by atoms with E-state index in [9.17, 15) is 18.0 Å². The fraction of sp³-hybridized carbons (Fsp3) is 0.333. The molecule has 0 atom stereocenters. The maximum absolute atomic E-state index is 14.8. The van der Waals surface area contributed by atoms with Crippen molar-refractivity contribution in [1.29, 1.82) is 0 Å². The summed E-state index contributed by atoms with van der Waals surface area (Å²) in [5.41, 5.74) is -0.0203. The quantitative estimate of drug-likeness (QED) is 0.590. The smallest absolute Gasteiger partial charge is 0.341 e. The second-order valence-corrected chi connectivity index (χ2v) is 5.70. The van der Waals surface area contributed by atoms with Crippen molar-refractivity contribution in [2.45, 2.75) is 19.8 Å². The third kappa shape index (κ3) is 3.44. The molecule has 0 spiro atoms. The lowest BCUT2D eigenvalue weighted by Crippen LogP contribution is -2.22. The average Bonchev–Trinajstić information content (AvgIpc) is 3.16. The van der Waals surface area contributed by atoms with Gasteiger partial charge in [-0.25, -0.2) is 4.79 Å². The molecule has 1 aromatic carbocycles. The van der Waals surface area contributed by atoms with Crippen molar-refractivity contribution >= 4 is 11.8 Å². The molecule has 1 aromatic heterocycles. The van der Waals surface area contributed by atoms with Gasteiger partial charge in [0, 0.05) is 13.1 Å². The minimum Gasteiger partial charge on any atom is -0.462 e. The van der Waals surface area contributed by atoms with E-state index < -0.39 is 29.3 Å². The molecule has 1 aliphatic rings. The highest BCUT2D eigenvalue weighted by Crippen LogP contribution is 2.35. The zero-order valence-electron chi connectivity index (χ0n) is 14.1. The standard InChI is InChI=1S/C18H17F3N2O3/c1-2-25-18(24)11-7-3-4-8-12(11)26-15-13(19)16(21)22-17(14(15)20)23-9-5-6-10-23/h3-4,7-8H,2,5-6,9-10H2,1H3. The molecule has 3 rings (SSSR count). The highest BCUT2D eigenvalue weighted by molar-refractivity contribution is 5.92. The van der Waals surface area contributed by atoms with Gasteiger partial charge in [0.05, 0.1) is 6.61 Å². The van der Waals surface area contributed by atoms with E-state index in [0.717, 1.165) is 12.8 Å². The van der Waals surface area contributed by atoms with Crippen molar-refractivity contribution in [3.05, 3.63) is 47.4 Å². The molecule has 0 radical (unpaired) electrons. The van der Waals surface area contributed by atoms with Gasteiger partial charge in [-0.3, -0.25) is 0 Å². The number of hydrogen-bond donors (Lipinski definition) is 0. The summed E-state index contributed by atoms with van der Waals surface area (Å²) in [5, 5.41) is 0. The Morgan fingerprint density at radius 3 is 2.54 bits per heavy atom. The molecule has 2 heterocycles. The Morgan fingerprint density at radius 1 is 1.15 bits per heavy atom. The monoisotopic (exact) mass is 366 g/mol. The molecular weight excluding hydrogens is 349 g/mol. The largest absolute Gasteiger partial charge is 0.462 e. The van der Waals surface area contributed by atoms with Gasteiger partial charge >= 0.3 is 5.97 Å². The first-order chi connectivity index (χ1) is 12.5. The van der Waals surface area contributed by atoms with E-state index >= 15 is 0 Å². The predicted molar refractivity (Wildman–Crippen MR) is 88.0 cm³/mol. The second kappa shape index (κ2) is 7.63. The van der Waals surface area contributed by atoms with Crippen LogP contribution < -0.4 is 9.64 Å². The first-order valence-corrected chi connectivity index (χ1v) is 8.26. The fourth-order valence-corrected chi connectivity index (χ4v) is 2.75. The van der Waals surface area contributed by atoms with E-state index in [2.05, 4.69) is 4.98 Å². The molecule has 0 N–H and O–H groups in total. The Hall–Kier alpha value is -2.77. The first-order valence-electron chi connectivity index (χ1n) is 8.26. The van der Waals surface area contributed by atoms with Crippen LogP contribution in [0.1, 0.15) is 30.1 Å². The van der Waals surface area contributed by atoms with Crippen LogP contribution in [0.2, 0.25) is 0 Å². The molecule has 1 fully saturated rings. The number of carbonyl (C=O) groups is 1. The number of aromatic nitrogens is 1. The fourth-order valence-electron chi connectivity index (χ4n) is 2.75. The van der Waals surface area contributed by atoms with Crippen molar-refractivity contribution in [2.24, 2.45) is 0 Å². The maximum atomic E-state index is 14.8. The zero-order chi connectivity index (χ0) is 18.7. The summed E-state index contributed by atoms with van der Waals surface area (Å²) in [6.07, 6.45) is 1.62. The van der Waals surface area contributed by atoms with Crippen molar-refractivity contribution in [3.8, 4) is 11.5 Å². The number of rotatable bonds is 5. The maximum Gasteiger partial charge on any atom is 0.341 e. The number of halogens is 3. The van der Waals surface area contributed by atoms with E-state index in [1.165, 1.54) is 23.1 Å².